The molecule has 208 valence electrons. The molecule has 1 atom stereocenters. The maximum atomic E-state index is 14.0. The van der Waals surface area contributed by atoms with Gasteiger partial charge in [-0.25, -0.2) is 0 Å². The van der Waals surface area contributed by atoms with Crippen molar-refractivity contribution in [2.24, 2.45) is 5.10 Å². The van der Waals surface area contributed by atoms with E-state index in [0.29, 0.717) is 11.4 Å². The molecule has 0 bridgehead atoms. The SMILES string of the molecule is CCN(CC)c1ccc(NC2(NC(C)=O)C(=O)N(c3ccccc3)N=C2NC(=O)c2cc(Cl)c(Cl)c(Cl)c2)cc1. The molecule has 0 aromatic heterocycles. The number of benzene rings is 3. The number of hydrogen-bond donors (Lipinski definition) is 3. The smallest absolute Gasteiger partial charge is 0.302 e. The number of amidine groups is 1. The average Bonchev–Trinajstić information content (AvgIpc) is 3.19. The van der Waals surface area contributed by atoms with E-state index in [9.17, 15) is 14.4 Å². The van der Waals surface area contributed by atoms with Gasteiger partial charge in [0.1, 0.15) is 0 Å². The number of carbonyl (C=O) groups is 3. The molecule has 0 aliphatic carbocycles. The quantitative estimate of drug-likeness (QED) is 0.233. The predicted octanol–water partition coefficient (Wildman–Crippen LogP) is 5.53. The van der Waals surface area contributed by atoms with Crippen molar-refractivity contribution >= 4 is 75.4 Å². The van der Waals surface area contributed by atoms with E-state index >= 15 is 0 Å². The Labute approximate surface area is 247 Å². The number of carbonyl (C=O) groups excluding carboxylic acids is 3. The summed E-state index contributed by atoms with van der Waals surface area (Å²) >= 11 is 18.3. The molecule has 40 heavy (non-hydrogen) atoms. The highest BCUT2D eigenvalue weighted by molar-refractivity contribution is 6.48. The predicted molar refractivity (Wildman–Crippen MR) is 160 cm³/mol. The first-order valence-corrected chi connectivity index (χ1v) is 13.6. The zero-order valence-electron chi connectivity index (χ0n) is 22.0. The monoisotopic (exact) mass is 600 g/mol. The molecule has 3 amide bonds. The Hall–Kier alpha value is -3.79. The normalized spacial score (nSPS) is 16.4. The highest BCUT2D eigenvalue weighted by Gasteiger charge is 2.54. The van der Waals surface area contributed by atoms with Gasteiger partial charge in [-0.15, -0.1) is 5.10 Å². The van der Waals surface area contributed by atoms with Crippen LogP contribution in [0.4, 0.5) is 17.1 Å². The standard InChI is InChI=1S/C28H27Cl3N6O3/c1-4-36(5-2)20-13-11-19(12-14-20)34-28(33-17(3)38)26(35-37(27(28)40)21-9-7-6-8-10-21)32-25(39)18-15-22(29)24(31)23(30)16-18/h6-16,34H,4-5H2,1-3H3,(H,33,38)(H,32,35,39). The van der Waals surface area contributed by atoms with Gasteiger partial charge in [0.05, 0.1) is 20.8 Å². The fourth-order valence-corrected chi connectivity index (χ4v) is 4.89. The molecular formula is C28H27Cl3N6O3. The molecular weight excluding hydrogens is 575 g/mol. The molecule has 0 saturated heterocycles. The van der Waals surface area contributed by atoms with Gasteiger partial charge in [-0.1, -0.05) is 53.0 Å². The van der Waals surface area contributed by atoms with Crippen molar-refractivity contribution < 1.29 is 14.4 Å². The molecule has 0 radical (unpaired) electrons. The van der Waals surface area contributed by atoms with Gasteiger partial charge in [0.15, 0.2) is 5.84 Å². The van der Waals surface area contributed by atoms with Gasteiger partial charge >= 0.3 is 5.91 Å². The van der Waals surface area contributed by atoms with Crippen molar-refractivity contribution in [1.82, 2.24) is 10.6 Å². The first kappa shape index (κ1) is 29.2. The molecule has 0 spiro atoms. The first-order chi connectivity index (χ1) is 19.1. The number of halogens is 3. The van der Waals surface area contributed by atoms with Gasteiger partial charge in [-0.05, 0) is 62.4 Å². The lowest BCUT2D eigenvalue weighted by atomic mass is 10.1. The third kappa shape index (κ3) is 5.86. The van der Waals surface area contributed by atoms with Crippen LogP contribution in [0.15, 0.2) is 71.8 Å². The third-order valence-corrected chi connectivity index (χ3v) is 7.44. The lowest BCUT2D eigenvalue weighted by Gasteiger charge is -2.32. The summed E-state index contributed by atoms with van der Waals surface area (Å²) in [6.07, 6.45) is 0. The van der Waals surface area contributed by atoms with Crippen LogP contribution in [0.2, 0.25) is 15.1 Å². The van der Waals surface area contributed by atoms with Crippen LogP contribution in [0.3, 0.4) is 0 Å². The molecule has 4 rings (SSSR count). The summed E-state index contributed by atoms with van der Waals surface area (Å²) in [5.41, 5.74) is 0.0586. The molecule has 1 aliphatic heterocycles. The molecule has 0 saturated carbocycles. The van der Waals surface area contributed by atoms with Crippen molar-refractivity contribution in [3.05, 3.63) is 87.4 Å². The van der Waals surface area contributed by atoms with E-state index in [1.807, 2.05) is 12.1 Å². The van der Waals surface area contributed by atoms with Crippen LogP contribution in [0.25, 0.3) is 0 Å². The molecule has 1 heterocycles. The molecule has 0 fully saturated rings. The summed E-state index contributed by atoms with van der Waals surface area (Å²) in [5.74, 6) is -1.99. The summed E-state index contributed by atoms with van der Waals surface area (Å²) in [7, 11) is 0. The fourth-order valence-electron chi connectivity index (χ4n) is 4.29. The summed E-state index contributed by atoms with van der Waals surface area (Å²) < 4.78 is 0. The largest absolute Gasteiger partial charge is 0.372 e. The van der Waals surface area contributed by atoms with E-state index in [-0.39, 0.29) is 26.5 Å². The lowest BCUT2D eigenvalue weighted by molar-refractivity contribution is -0.127. The Morgan fingerprint density at radius 3 is 2.10 bits per heavy atom. The molecule has 3 aromatic rings. The zero-order valence-corrected chi connectivity index (χ0v) is 24.2. The molecule has 1 unspecified atom stereocenters. The van der Waals surface area contributed by atoms with Crippen LogP contribution in [0, 0.1) is 0 Å². The maximum absolute atomic E-state index is 14.0. The molecule has 12 heteroatoms. The van der Waals surface area contributed by atoms with Gasteiger partial charge < -0.3 is 20.9 Å². The zero-order chi connectivity index (χ0) is 29.0. The van der Waals surface area contributed by atoms with Crippen LogP contribution in [-0.2, 0) is 9.59 Å². The van der Waals surface area contributed by atoms with Crippen LogP contribution >= 0.6 is 34.8 Å². The number of amides is 3. The molecule has 3 N–H and O–H groups in total. The van der Waals surface area contributed by atoms with Gasteiger partial charge in [0, 0.05) is 37.0 Å². The minimum Gasteiger partial charge on any atom is -0.372 e. The number of hydrogen-bond acceptors (Lipinski definition) is 6. The Bertz CT molecular complexity index is 1440. The van der Waals surface area contributed by atoms with Gasteiger partial charge in [-0.2, -0.15) is 5.01 Å². The Balaban J connectivity index is 1.78. The number of nitrogens with zero attached hydrogens (tertiary/aromatic N) is 3. The van der Waals surface area contributed by atoms with E-state index in [1.54, 1.807) is 42.5 Å². The number of nitrogens with one attached hydrogen (secondary N) is 3. The van der Waals surface area contributed by atoms with E-state index in [0.717, 1.165) is 23.8 Å². The van der Waals surface area contributed by atoms with Crippen molar-refractivity contribution in [3.63, 3.8) is 0 Å². The molecule has 1 aliphatic rings. The minimum absolute atomic E-state index is 0.0769. The van der Waals surface area contributed by atoms with E-state index in [2.05, 4.69) is 39.8 Å². The van der Waals surface area contributed by atoms with Gasteiger partial charge in [-0.3, -0.25) is 14.4 Å². The van der Waals surface area contributed by atoms with E-state index in [1.165, 1.54) is 19.1 Å². The summed E-state index contributed by atoms with van der Waals surface area (Å²) in [6.45, 7) is 7.03. The van der Waals surface area contributed by atoms with Crippen molar-refractivity contribution in [2.45, 2.75) is 26.4 Å². The Morgan fingerprint density at radius 1 is 0.950 bits per heavy atom. The summed E-state index contributed by atoms with van der Waals surface area (Å²) in [4.78, 5) is 42.0. The number of hydrazone groups is 1. The van der Waals surface area contributed by atoms with Crippen molar-refractivity contribution in [1.29, 1.82) is 0 Å². The van der Waals surface area contributed by atoms with Gasteiger partial charge in [0.25, 0.3) is 11.6 Å². The molecule has 9 nitrogen and oxygen atoms in total. The topological polar surface area (TPSA) is 106 Å². The summed E-state index contributed by atoms with van der Waals surface area (Å²) in [5, 5.41) is 14.3. The first-order valence-electron chi connectivity index (χ1n) is 12.5. The van der Waals surface area contributed by atoms with E-state index in [4.69, 9.17) is 34.8 Å². The number of para-hydroxylation sites is 1. The van der Waals surface area contributed by atoms with Crippen molar-refractivity contribution in [2.75, 3.05) is 28.3 Å². The van der Waals surface area contributed by atoms with Crippen molar-refractivity contribution in [3.8, 4) is 0 Å². The fraction of sp³-hybridized carbons (Fsp3) is 0.214. The van der Waals surface area contributed by atoms with Crippen LogP contribution < -0.4 is 25.9 Å². The Kier molecular flexibility index (Phi) is 8.88. The third-order valence-electron chi connectivity index (χ3n) is 6.24. The second-order valence-corrected chi connectivity index (χ2v) is 10.1. The molecule has 3 aromatic carbocycles. The van der Waals surface area contributed by atoms with Crippen LogP contribution in [-0.4, -0.2) is 42.3 Å². The lowest BCUT2D eigenvalue weighted by Crippen LogP contribution is -2.67. The number of anilines is 3. The second kappa shape index (κ2) is 12.2. The van der Waals surface area contributed by atoms with Crippen LogP contribution in [0.1, 0.15) is 31.1 Å². The highest BCUT2D eigenvalue weighted by Crippen LogP contribution is 2.32. The van der Waals surface area contributed by atoms with Crippen LogP contribution in [0.5, 0.6) is 0 Å². The summed E-state index contributed by atoms with van der Waals surface area (Å²) in [6, 6.07) is 18.7. The average molecular weight is 602 g/mol. The number of rotatable bonds is 8. The van der Waals surface area contributed by atoms with Gasteiger partial charge in [0.2, 0.25) is 5.91 Å². The Morgan fingerprint density at radius 2 is 1.55 bits per heavy atom. The highest BCUT2D eigenvalue weighted by atomic mass is 35.5. The minimum atomic E-state index is -1.95. The second-order valence-electron chi connectivity index (χ2n) is 8.88. The maximum Gasteiger partial charge on any atom is 0.302 e. The van der Waals surface area contributed by atoms with E-state index < -0.39 is 23.4 Å².